The van der Waals surface area contributed by atoms with E-state index in [0.717, 1.165) is 0 Å². The van der Waals surface area contributed by atoms with E-state index in [0.29, 0.717) is 25.1 Å². The van der Waals surface area contributed by atoms with Gasteiger partial charge in [-0.3, -0.25) is 14.9 Å². The summed E-state index contributed by atoms with van der Waals surface area (Å²) in [6.07, 6.45) is 0.577. The van der Waals surface area contributed by atoms with Gasteiger partial charge in [0.25, 0.3) is 5.69 Å². The molecule has 0 aromatic heterocycles. The lowest BCUT2D eigenvalue weighted by Gasteiger charge is -2.07. The first-order chi connectivity index (χ1) is 8.95. The van der Waals surface area contributed by atoms with Crippen LogP contribution in [0.5, 0.6) is 0 Å². The fourth-order valence-electron chi connectivity index (χ4n) is 1.46. The van der Waals surface area contributed by atoms with Crippen LogP contribution in [0, 0.1) is 21.7 Å². The summed E-state index contributed by atoms with van der Waals surface area (Å²) >= 11 is 0. The fourth-order valence-corrected chi connectivity index (χ4v) is 1.46. The Morgan fingerprint density at radius 3 is 2.68 bits per heavy atom. The first-order valence-electron chi connectivity index (χ1n) is 5.53. The standard InChI is InChI=1S/C11H13F2N3O3/c1-14-4-2-3-10(17)15-11-8(13)5-7(12)6-9(11)16(18)19/h5-6,14H,2-4H2,1H3,(H,15,17). The van der Waals surface area contributed by atoms with Crippen molar-refractivity contribution in [1.82, 2.24) is 5.32 Å². The number of anilines is 1. The second kappa shape index (κ2) is 6.74. The SMILES string of the molecule is CNCCCC(=O)Nc1c(F)cc(F)cc1[N+](=O)[O-]. The highest BCUT2D eigenvalue weighted by molar-refractivity contribution is 5.93. The zero-order valence-electron chi connectivity index (χ0n) is 10.2. The minimum Gasteiger partial charge on any atom is -0.320 e. The van der Waals surface area contributed by atoms with Gasteiger partial charge >= 0.3 is 0 Å². The van der Waals surface area contributed by atoms with Crippen molar-refractivity contribution in [3.05, 3.63) is 33.9 Å². The summed E-state index contributed by atoms with van der Waals surface area (Å²) in [4.78, 5) is 21.2. The minimum atomic E-state index is -1.17. The zero-order valence-corrected chi connectivity index (χ0v) is 10.2. The Balaban J connectivity index is 2.88. The van der Waals surface area contributed by atoms with Crippen molar-refractivity contribution in [3.8, 4) is 0 Å². The smallest absolute Gasteiger partial charge is 0.298 e. The summed E-state index contributed by atoms with van der Waals surface area (Å²) in [6.45, 7) is 0.585. The van der Waals surface area contributed by atoms with E-state index in [9.17, 15) is 23.7 Å². The maximum absolute atomic E-state index is 13.4. The molecule has 0 radical (unpaired) electrons. The number of hydrogen-bond acceptors (Lipinski definition) is 4. The number of rotatable bonds is 6. The van der Waals surface area contributed by atoms with Crippen LogP contribution in [0.3, 0.4) is 0 Å². The van der Waals surface area contributed by atoms with Crippen molar-refractivity contribution in [2.24, 2.45) is 0 Å². The Bertz CT molecular complexity index is 494. The molecule has 0 saturated heterocycles. The van der Waals surface area contributed by atoms with Gasteiger partial charge in [-0.1, -0.05) is 0 Å². The summed E-state index contributed by atoms with van der Waals surface area (Å²) in [7, 11) is 1.71. The van der Waals surface area contributed by atoms with Gasteiger partial charge in [0.1, 0.15) is 5.82 Å². The van der Waals surface area contributed by atoms with Crippen LogP contribution < -0.4 is 10.6 Å². The van der Waals surface area contributed by atoms with Gasteiger partial charge in [0, 0.05) is 12.5 Å². The number of halogens is 2. The number of nitrogens with one attached hydrogen (secondary N) is 2. The molecule has 1 aromatic rings. The van der Waals surface area contributed by atoms with Crippen molar-refractivity contribution in [1.29, 1.82) is 0 Å². The van der Waals surface area contributed by atoms with E-state index in [-0.39, 0.29) is 6.42 Å². The molecule has 0 aliphatic rings. The van der Waals surface area contributed by atoms with E-state index in [1.807, 2.05) is 0 Å². The highest BCUT2D eigenvalue weighted by atomic mass is 19.1. The number of carbonyl (C=O) groups is 1. The Kier molecular flexibility index (Phi) is 5.31. The molecule has 6 nitrogen and oxygen atoms in total. The second-order valence-corrected chi connectivity index (χ2v) is 3.79. The predicted octanol–water partition coefficient (Wildman–Crippen LogP) is 1.81. The van der Waals surface area contributed by atoms with Crippen LogP contribution in [-0.2, 0) is 4.79 Å². The summed E-state index contributed by atoms with van der Waals surface area (Å²) in [6, 6.07) is 1.04. The van der Waals surface area contributed by atoms with Crippen molar-refractivity contribution < 1.29 is 18.5 Å². The third kappa shape index (κ3) is 4.25. The van der Waals surface area contributed by atoms with Gasteiger partial charge in [0.2, 0.25) is 5.91 Å². The van der Waals surface area contributed by atoms with Crippen LogP contribution in [0.4, 0.5) is 20.2 Å². The average molecular weight is 273 g/mol. The van der Waals surface area contributed by atoms with E-state index in [1.165, 1.54) is 0 Å². The van der Waals surface area contributed by atoms with Crippen LogP contribution in [-0.4, -0.2) is 24.4 Å². The van der Waals surface area contributed by atoms with Gasteiger partial charge < -0.3 is 10.6 Å². The van der Waals surface area contributed by atoms with E-state index < -0.39 is 33.8 Å². The molecule has 0 aliphatic carbocycles. The van der Waals surface area contributed by atoms with E-state index in [1.54, 1.807) is 7.05 Å². The molecule has 1 amide bonds. The normalized spacial score (nSPS) is 10.3. The molecular formula is C11H13F2N3O3. The first-order valence-corrected chi connectivity index (χ1v) is 5.53. The summed E-state index contributed by atoms with van der Waals surface area (Å²) in [5.74, 6) is -2.81. The average Bonchev–Trinajstić information content (AvgIpc) is 2.32. The van der Waals surface area contributed by atoms with E-state index in [4.69, 9.17) is 0 Å². The van der Waals surface area contributed by atoms with Crippen LogP contribution in [0.25, 0.3) is 0 Å². The van der Waals surface area contributed by atoms with Crippen molar-refractivity contribution >= 4 is 17.3 Å². The number of hydrogen-bond donors (Lipinski definition) is 2. The maximum Gasteiger partial charge on any atom is 0.298 e. The highest BCUT2D eigenvalue weighted by Gasteiger charge is 2.22. The van der Waals surface area contributed by atoms with Crippen LogP contribution in [0.1, 0.15) is 12.8 Å². The minimum absolute atomic E-state index is 0.0782. The van der Waals surface area contributed by atoms with Gasteiger partial charge in [-0.2, -0.15) is 0 Å². The molecule has 0 bridgehead atoms. The van der Waals surface area contributed by atoms with Gasteiger partial charge in [-0.15, -0.1) is 0 Å². The topological polar surface area (TPSA) is 84.3 Å². The number of amides is 1. The predicted molar refractivity (Wildman–Crippen MR) is 64.8 cm³/mol. The molecule has 0 aliphatic heterocycles. The Hall–Kier alpha value is -2.09. The van der Waals surface area contributed by atoms with Crippen LogP contribution in [0.15, 0.2) is 12.1 Å². The lowest BCUT2D eigenvalue weighted by atomic mass is 10.2. The summed E-state index contributed by atoms with van der Waals surface area (Å²) in [5.41, 5.74) is -1.42. The molecule has 2 N–H and O–H groups in total. The third-order valence-electron chi connectivity index (χ3n) is 2.33. The van der Waals surface area contributed by atoms with Gasteiger partial charge in [-0.25, -0.2) is 8.78 Å². The van der Waals surface area contributed by atoms with Gasteiger partial charge in [0.05, 0.1) is 11.0 Å². The van der Waals surface area contributed by atoms with Gasteiger partial charge in [-0.05, 0) is 20.0 Å². The molecule has 0 fully saturated rings. The van der Waals surface area contributed by atoms with Gasteiger partial charge in [0.15, 0.2) is 11.5 Å². The van der Waals surface area contributed by atoms with E-state index in [2.05, 4.69) is 10.6 Å². The Labute approximate surface area is 108 Å². The summed E-state index contributed by atoms with van der Waals surface area (Å²) in [5, 5.41) is 15.6. The van der Waals surface area contributed by atoms with E-state index >= 15 is 0 Å². The number of nitrogens with zero attached hydrogens (tertiary/aromatic N) is 1. The maximum atomic E-state index is 13.4. The third-order valence-corrected chi connectivity index (χ3v) is 2.33. The lowest BCUT2D eigenvalue weighted by Crippen LogP contribution is -2.17. The summed E-state index contributed by atoms with van der Waals surface area (Å²) < 4.78 is 26.3. The number of nitro benzene ring substituents is 1. The molecule has 0 atom stereocenters. The second-order valence-electron chi connectivity index (χ2n) is 3.79. The molecule has 19 heavy (non-hydrogen) atoms. The molecule has 0 unspecified atom stereocenters. The lowest BCUT2D eigenvalue weighted by molar-refractivity contribution is -0.384. The molecule has 0 spiro atoms. The molecule has 0 saturated carbocycles. The highest BCUT2D eigenvalue weighted by Crippen LogP contribution is 2.28. The Morgan fingerprint density at radius 2 is 2.11 bits per heavy atom. The Morgan fingerprint density at radius 1 is 1.42 bits per heavy atom. The van der Waals surface area contributed by atoms with Crippen LogP contribution >= 0.6 is 0 Å². The molecule has 8 heteroatoms. The molecule has 0 heterocycles. The molecular weight excluding hydrogens is 260 g/mol. The molecule has 1 rings (SSSR count). The van der Waals surface area contributed by atoms with Crippen molar-refractivity contribution in [3.63, 3.8) is 0 Å². The van der Waals surface area contributed by atoms with Crippen LogP contribution in [0.2, 0.25) is 0 Å². The molecule has 1 aromatic carbocycles. The molecule has 104 valence electrons. The fraction of sp³-hybridized carbons (Fsp3) is 0.364. The monoisotopic (exact) mass is 273 g/mol. The first kappa shape index (κ1) is 15.0. The number of nitro groups is 1. The quantitative estimate of drug-likeness (QED) is 0.470. The number of benzene rings is 1. The van der Waals surface area contributed by atoms with Crippen molar-refractivity contribution in [2.45, 2.75) is 12.8 Å². The number of carbonyl (C=O) groups excluding carboxylic acids is 1. The van der Waals surface area contributed by atoms with Crippen molar-refractivity contribution in [2.75, 3.05) is 18.9 Å². The largest absolute Gasteiger partial charge is 0.320 e. The zero-order chi connectivity index (χ0) is 14.4.